The summed E-state index contributed by atoms with van der Waals surface area (Å²) >= 11 is 0. The SMILES string of the molecule is CC(C)(C)OC(=O)N1CCCC[C@H]1c1cc(N)n[nH]1.CC(C)(C)OC(=O)N1CCCC[C@H]1c1cc2[nH]c(=O)ccn2n1.Cn1ccc(=O)n(C)c1=O. The predicted octanol–water partition coefficient (Wildman–Crippen LogP) is 4.02. The largest absolute Gasteiger partial charge is 0.444 e. The summed E-state index contributed by atoms with van der Waals surface area (Å²) in [4.78, 5) is 64.0. The Morgan fingerprint density at radius 2 is 1.40 bits per heavy atom. The summed E-state index contributed by atoms with van der Waals surface area (Å²) in [5, 5.41) is 11.3. The Labute approximate surface area is 301 Å². The van der Waals surface area contributed by atoms with Crippen LogP contribution in [0.25, 0.3) is 5.65 Å². The van der Waals surface area contributed by atoms with Gasteiger partial charge in [-0.2, -0.15) is 10.2 Å². The molecule has 0 spiro atoms. The Hall–Kier alpha value is -5.35. The van der Waals surface area contributed by atoms with E-state index in [4.69, 9.17) is 15.2 Å². The van der Waals surface area contributed by atoms with Gasteiger partial charge in [-0.05, 0) is 80.1 Å². The Balaban J connectivity index is 0.000000188. The van der Waals surface area contributed by atoms with Crippen LogP contribution in [0.15, 0.2) is 51.0 Å². The van der Waals surface area contributed by atoms with Gasteiger partial charge in [0.05, 0.1) is 23.5 Å². The number of amides is 2. The molecule has 0 unspecified atom stereocenters. The normalized spacial score (nSPS) is 17.8. The van der Waals surface area contributed by atoms with Crippen molar-refractivity contribution in [2.75, 3.05) is 18.8 Å². The molecule has 17 nitrogen and oxygen atoms in total. The molecular weight excluding hydrogens is 672 g/mol. The van der Waals surface area contributed by atoms with E-state index in [0.29, 0.717) is 24.6 Å². The molecular formula is C35H52N10O7. The molecule has 6 heterocycles. The number of hydrogen-bond donors (Lipinski definition) is 3. The summed E-state index contributed by atoms with van der Waals surface area (Å²) in [5.74, 6) is 0.449. The highest BCUT2D eigenvalue weighted by Crippen LogP contribution is 2.33. The van der Waals surface area contributed by atoms with E-state index in [1.54, 1.807) is 33.6 Å². The number of hydrogen-bond acceptors (Lipinski definition) is 10. The van der Waals surface area contributed by atoms with Gasteiger partial charge in [-0.15, -0.1) is 0 Å². The number of carbonyl (C=O) groups is 2. The smallest absolute Gasteiger partial charge is 0.410 e. The second-order valence-electron chi connectivity index (χ2n) is 14.9. The first kappa shape index (κ1) is 39.4. The van der Waals surface area contributed by atoms with Crippen molar-refractivity contribution in [1.82, 2.24) is 43.7 Å². The number of carbonyl (C=O) groups excluding carboxylic acids is 2. The van der Waals surface area contributed by atoms with Gasteiger partial charge in [-0.25, -0.2) is 18.9 Å². The van der Waals surface area contributed by atoms with Crippen molar-refractivity contribution in [1.29, 1.82) is 0 Å². The highest BCUT2D eigenvalue weighted by molar-refractivity contribution is 5.69. The van der Waals surface area contributed by atoms with Crippen LogP contribution in [0.5, 0.6) is 0 Å². The second-order valence-corrected chi connectivity index (χ2v) is 14.9. The van der Waals surface area contributed by atoms with Gasteiger partial charge >= 0.3 is 17.9 Å². The van der Waals surface area contributed by atoms with Crippen LogP contribution in [0.1, 0.15) is 104 Å². The minimum atomic E-state index is -0.525. The van der Waals surface area contributed by atoms with Crippen LogP contribution >= 0.6 is 0 Å². The van der Waals surface area contributed by atoms with Gasteiger partial charge in [-0.3, -0.25) is 29.1 Å². The van der Waals surface area contributed by atoms with Crippen LogP contribution in [0.3, 0.4) is 0 Å². The molecule has 2 atom stereocenters. The summed E-state index contributed by atoms with van der Waals surface area (Å²) in [7, 11) is 3.05. The van der Waals surface area contributed by atoms with E-state index in [9.17, 15) is 24.0 Å². The molecule has 284 valence electrons. The first-order chi connectivity index (χ1) is 24.3. The van der Waals surface area contributed by atoms with Crippen LogP contribution < -0.4 is 22.5 Å². The van der Waals surface area contributed by atoms with E-state index in [0.717, 1.165) is 54.5 Å². The van der Waals surface area contributed by atoms with Crippen molar-refractivity contribution in [3.8, 4) is 0 Å². The summed E-state index contributed by atoms with van der Waals surface area (Å²) < 4.78 is 15.0. The lowest BCUT2D eigenvalue weighted by Crippen LogP contribution is -2.42. The van der Waals surface area contributed by atoms with E-state index in [1.807, 2.05) is 47.6 Å². The summed E-state index contributed by atoms with van der Waals surface area (Å²) in [6.45, 7) is 12.6. The van der Waals surface area contributed by atoms with Gasteiger partial charge in [0, 0.05) is 63.8 Å². The molecule has 0 bridgehead atoms. The zero-order chi connectivity index (χ0) is 38.4. The van der Waals surface area contributed by atoms with E-state index in [2.05, 4.69) is 20.3 Å². The minimum Gasteiger partial charge on any atom is -0.444 e. The number of nitrogen functional groups attached to an aromatic ring is 1. The minimum absolute atomic E-state index is 0.0200. The third-order valence-corrected chi connectivity index (χ3v) is 8.31. The lowest BCUT2D eigenvalue weighted by Gasteiger charge is -2.36. The maximum absolute atomic E-state index is 12.5. The standard InChI is InChI=1S/C16H22N4O3.C13H22N4O2.C6H8N2O2/c1-16(2,3)23-15(22)19-8-5-4-6-12(19)11-10-13-17-14(21)7-9-20(13)18-11;1-13(2,3)19-12(18)17-7-5-4-6-10(17)9-8-11(14)16-15-9;1-7-4-3-5(9)8(2)6(7)10/h7,9-10,12H,4-6,8H2,1-3H3,(H,17,21);8,10H,4-7H2,1-3H3,(H3,14,15,16);3-4H,1-2H3/t12-;10-;/m00./s1. The Bertz CT molecular complexity index is 2010. The van der Waals surface area contributed by atoms with Crippen molar-refractivity contribution in [3.05, 3.63) is 79.2 Å². The van der Waals surface area contributed by atoms with Gasteiger partial charge in [0.15, 0.2) is 0 Å². The monoisotopic (exact) mass is 724 g/mol. The number of nitrogens with one attached hydrogen (secondary N) is 2. The zero-order valence-corrected chi connectivity index (χ0v) is 31.3. The van der Waals surface area contributed by atoms with Gasteiger partial charge in [0.2, 0.25) is 0 Å². The van der Waals surface area contributed by atoms with Crippen LogP contribution in [0.2, 0.25) is 0 Å². The number of nitrogens with zero attached hydrogens (tertiary/aromatic N) is 7. The molecule has 17 heteroatoms. The maximum Gasteiger partial charge on any atom is 0.410 e. The number of fused-ring (bicyclic) bond motifs is 1. The fourth-order valence-corrected chi connectivity index (χ4v) is 5.87. The number of aromatic nitrogens is 7. The molecule has 2 fully saturated rings. The quantitative estimate of drug-likeness (QED) is 0.271. The predicted molar refractivity (Wildman–Crippen MR) is 195 cm³/mol. The molecule has 2 amide bonds. The van der Waals surface area contributed by atoms with E-state index >= 15 is 0 Å². The molecule has 0 aliphatic carbocycles. The van der Waals surface area contributed by atoms with Crippen molar-refractivity contribution >= 4 is 23.7 Å². The van der Waals surface area contributed by atoms with Crippen molar-refractivity contribution < 1.29 is 19.1 Å². The van der Waals surface area contributed by atoms with Crippen molar-refractivity contribution in [2.24, 2.45) is 14.1 Å². The van der Waals surface area contributed by atoms with Gasteiger partial charge in [0.25, 0.3) is 11.1 Å². The second kappa shape index (κ2) is 16.3. The van der Waals surface area contributed by atoms with Gasteiger partial charge in [0.1, 0.15) is 22.7 Å². The zero-order valence-electron chi connectivity index (χ0n) is 31.3. The first-order valence-corrected chi connectivity index (χ1v) is 17.4. The first-order valence-electron chi connectivity index (χ1n) is 17.4. The van der Waals surface area contributed by atoms with E-state index < -0.39 is 11.2 Å². The number of ether oxygens (including phenoxy) is 2. The van der Waals surface area contributed by atoms with E-state index in [1.165, 1.54) is 29.9 Å². The van der Waals surface area contributed by atoms with Crippen LogP contribution in [-0.2, 0) is 23.6 Å². The van der Waals surface area contributed by atoms with Gasteiger partial charge in [-0.1, -0.05) is 0 Å². The summed E-state index contributed by atoms with van der Waals surface area (Å²) in [6, 6.07) is 6.25. The third kappa shape index (κ3) is 10.6. The number of H-pyrrole nitrogens is 2. The number of likely N-dealkylation sites (tertiary alicyclic amines) is 2. The molecule has 4 aromatic rings. The lowest BCUT2D eigenvalue weighted by atomic mass is 10.00. The lowest BCUT2D eigenvalue weighted by molar-refractivity contribution is 0.00801. The number of anilines is 1. The van der Waals surface area contributed by atoms with E-state index in [-0.39, 0.29) is 41.1 Å². The molecule has 2 aliphatic heterocycles. The molecule has 2 aliphatic rings. The molecule has 0 aromatic carbocycles. The molecule has 0 radical (unpaired) electrons. The number of piperidine rings is 2. The number of nitrogens with two attached hydrogens (primary N) is 1. The Morgan fingerprint density at radius 3 is 1.94 bits per heavy atom. The molecule has 2 saturated heterocycles. The average Bonchev–Trinajstić information content (AvgIpc) is 3.70. The molecule has 4 aromatic heterocycles. The average molecular weight is 725 g/mol. The van der Waals surface area contributed by atoms with Crippen LogP contribution in [0.4, 0.5) is 15.4 Å². The molecule has 6 rings (SSSR count). The highest BCUT2D eigenvalue weighted by Gasteiger charge is 2.34. The molecule has 52 heavy (non-hydrogen) atoms. The topological polar surface area (TPSA) is 208 Å². The fraction of sp³-hybridized carbons (Fsp3) is 0.571. The Morgan fingerprint density at radius 1 is 0.827 bits per heavy atom. The number of aromatic amines is 2. The molecule has 0 saturated carbocycles. The number of aryl methyl sites for hydroxylation is 1. The third-order valence-electron chi connectivity index (χ3n) is 8.31. The highest BCUT2D eigenvalue weighted by atomic mass is 16.6. The Kier molecular flexibility index (Phi) is 12.4. The fourth-order valence-electron chi connectivity index (χ4n) is 5.87. The van der Waals surface area contributed by atoms with Crippen molar-refractivity contribution in [2.45, 2.75) is 103 Å². The van der Waals surface area contributed by atoms with Gasteiger partial charge < -0.3 is 24.8 Å². The maximum atomic E-state index is 12.5. The van der Waals surface area contributed by atoms with Crippen LogP contribution in [-0.4, -0.2) is 80.2 Å². The van der Waals surface area contributed by atoms with Crippen LogP contribution in [0, 0.1) is 0 Å². The summed E-state index contributed by atoms with van der Waals surface area (Å²) in [6.07, 6.45) is 8.31. The summed E-state index contributed by atoms with van der Waals surface area (Å²) in [5.41, 5.74) is 6.16. The molecule has 4 N–H and O–H groups in total. The van der Waals surface area contributed by atoms with Crippen molar-refractivity contribution in [3.63, 3.8) is 0 Å². The number of rotatable bonds is 2.